The van der Waals surface area contributed by atoms with Crippen LogP contribution in [0.1, 0.15) is 21.6 Å². The zero-order valence-electron chi connectivity index (χ0n) is 17.9. The Labute approximate surface area is 188 Å². The van der Waals surface area contributed by atoms with Gasteiger partial charge >= 0.3 is 12.0 Å². The third-order valence-electron chi connectivity index (χ3n) is 5.67. The van der Waals surface area contributed by atoms with E-state index in [2.05, 4.69) is 15.4 Å². The molecule has 0 fully saturated rings. The largest absolute Gasteiger partial charge is 0.465 e. The van der Waals surface area contributed by atoms with Crippen LogP contribution in [0.3, 0.4) is 0 Å². The maximum Gasteiger partial charge on any atom is 0.337 e. The van der Waals surface area contributed by atoms with Gasteiger partial charge in [-0.1, -0.05) is 36.4 Å². The highest BCUT2D eigenvalue weighted by Crippen LogP contribution is 2.21. The number of ether oxygens (including phenoxy) is 1. The van der Waals surface area contributed by atoms with Crippen LogP contribution in [0, 0.1) is 0 Å². The van der Waals surface area contributed by atoms with Gasteiger partial charge in [0.25, 0.3) is 5.56 Å². The topological polar surface area (TPSA) is 109 Å². The summed E-state index contributed by atoms with van der Waals surface area (Å²) in [6.45, 7) is 0.597. The average Bonchev–Trinajstić information content (AvgIpc) is 3.28. The van der Waals surface area contributed by atoms with Gasteiger partial charge in [-0.25, -0.2) is 19.1 Å². The van der Waals surface area contributed by atoms with Gasteiger partial charge in [0.2, 0.25) is 0 Å². The number of carbonyl (C=O) groups excluding carboxylic acids is 2. The lowest BCUT2D eigenvalue weighted by atomic mass is 10.1. The number of fused-ring (bicyclic) bond motifs is 2. The maximum absolute atomic E-state index is 13.0. The molecule has 0 saturated heterocycles. The predicted octanol–water partition coefficient (Wildman–Crippen LogP) is 3.07. The summed E-state index contributed by atoms with van der Waals surface area (Å²) in [4.78, 5) is 43.9. The molecule has 3 heterocycles. The number of methoxy groups -OCH3 is 1. The SMILES string of the molecule is COC(=O)c1cccc(NC(=O)N2CCc3c(nc4cc(-c5ccccc5)[nH]n4c3=O)C2)c1. The molecule has 0 bridgehead atoms. The van der Waals surface area contributed by atoms with Gasteiger partial charge in [0.05, 0.1) is 30.6 Å². The third-order valence-corrected chi connectivity index (χ3v) is 5.67. The van der Waals surface area contributed by atoms with Gasteiger partial charge in [0, 0.05) is 23.9 Å². The van der Waals surface area contributed by atoms with Crippen LogP contribution in [0.5, 0.6) is 0 Å². The lowest BCUT2D eigenvalue weighted by Gasteiger charge is -2.27. The second kappa shape index (κ2) is 8.27. The van der Waals surface area contributed by atoms with Crippen LogP contribution >= 0.6 is 0 Å². The van der Waals surface area contributed by atoms with Crippen LogP contribution < -0.4 is 10.9 Å². The van der Waals surface area contributed by atoms with Gasteiger partial charge in [-0.3, -0.25) is 9.89 Å². The molecule has 0 unspecified atom stereocenters. The van der Waals surface area contributed by atoms with Crippen LogP contribution in [0.15, 0.2) is 65.5 Å². The molecule has 9 heteroatoms. The van der Waals surface area contributed by atoms with Crippen LogP contribution in [0.4, 0.5) is 10.5 Å². The van der Waals surface area contributed by atoms with Crippen molar-refractivity contribution >= 4 is 23.3 Å². The van der Waals surface area contributed by atoms with E-state index in [-0.39, 0.29) is 18.1 Å². The van der Waals surface area contributed by atoms with Gasteiger partial charge in [0.1, 0.15) is 0 Å². The van der Waals surface area contributed by atoms with Crippen LogP contribution in [0.25, 0.3) is 16.9 Å². The van der Waals surface area contributed by atoms with Crippen molar-refractivity contribution in [2.75, 3.05) is 19.0 Å². The number of hydrogen-bond donors (Lipinski definition) is 2. The maximum atomic E-state index is 13.0. The van der Waals surface area contributed by atoms with E-state index in [4.69, 9.17) is 4.74 Å². The number of anilines is 1. The van der Waals surface area contributed by atoms with E-state index in [0.29, 0.717) is 41.1 Å². The highest BCUT2D eigenvalue weighted by atomic mass is 16.5. The van der Waals surface area contributed by atoms with E-state index in [1.54, 1.807) is 29.2 Å². The summed E-state index contributed by atoms with van der Waals surface area (Å²) in [5, 5.41) is 5.93. The molecule has 166 valence electrons. The molecule has 9 nitrogen and oxygen atoms in total. The number of H-pyrrole nitrogens is 1. The lowest BCUT2D eigenvalue weighted by molar-refractivity contribution is 0.0600. The summed E-state index contributed by atoms with van der Waals surface area (Å²) in [6, 6.07) is 17.7. The zero-order chi connectivity index (χ0) is 22.9. The van der Waals surface area contributed by atoms with Gasteiger partial charge in [0.15, 0.2) is 5.65 Å². The van der Waals surface area contributed by atoms with Crippen molar-refractivity contribution in [1.29, 1.82) is 0 Å². The van der Waals surface area contributed by atoms with Crippen LogP contribution in [-0.2, 0) is 17.7 Å². The molecule has 0 saturated carbocycles. The summed E-state index contributed by atoms with van der Waals surface area (Å²) in [6.07, 6.45) is 0.402. The Bertz CT molecular complexity index is 1420. The van der Waals surface area contributed by atoms with Gasteiger partial charge in [-0.05, 0) is 30.2 Å². The molecule has 2 N–H and O–H groups in total. The number of nitrogens with one attached hydrogen (secondary N) is 2. The summed E-state index contributed by atoms with van der Waals surface area (Å²) < 4.78 is 6.18. The molecule has 0 aliphatic carbocycles. The molecule has 1 aliphatic rings. The van der Waals surface area contributed by atoms with E-state index in [9.17, 15) is 14.4 Å². The normalized spacial score (nSPS) is 12.9. The molecule has 4 aromatic rings. The molecule has 2 aromatic heterocycles. The van der Waals surface area contributed by atoms with Crippen molar-refractivity contribution in [2.24, 2.45) is 0 Å². The summed E-state index contributed by atoms with van der Waals surface area (Å²) in [5.41, 5.74) is 4.12. The van der Waals surface area contributed by atoms with E-state index in [1.165, 1.54) is 11.6 Å². The number of esters is 1. The quantitative estimate of drug-likeness (QED) is 0.473. The Morgan fingerprint density at radius 2 is 1.91 bits per heavy atom. The molecular weight excluding hydrogens is 422 g/mol. The number of aromatic nitrogens is 3. The summed E-state index contributed by atoms with van der Waals surface area (Å²) in [5.74, 6) is -0.479. The van der Waals surface area contributed by atoms with Crippen LogP contribution in [-0.4, -0.2) is 45.2 Å². The number of urea groups is 1. The Kier molecular flexibility index (Phi) is 5.14. The molecule has 0 atom stereocenters. The Hall–Kier alpha value is -4.40. The number of hydrogen-bond acceptors (Lipinski definition) is 5. The van der Waals surface area contributed by atoms with Crippen molar-refractivity contribution in [3.63, 3.8) is 0 Å². The van der Waals surface area contributed by atoms with Crippen LogP contribution in [0.2, 0.25) is 0 Å². The Morgan fingerprint density at radius 3 is 2.70 bits per heavy atom. The Morgan fingerprint density at radius 1 is 1.09 bits per heavy atom. The molecule has 33 heavy (non-hydrogen) atoms. The first-order chi connectivity index (χ1) is 16.0. The number of carbonyl (C=O) groups is 2. The number of benzene rings is 2. The summed E-state index contributed by atoms with van der Waals surface area (Å²) in [7, 11) is 1.30. The first-order valence-corrected chi connectivity index (χ1v) is 10.5. The lowest BCUT2D eigenvalue weighted by Crippen LogP contribution is -2.41. The number of nitrogens with zero attached hydrogens (tertiary/aromatic N) is 3. The van der Waals surface area contributed by atoms with Crippen molar-refractivity contribution in [3.05, 3.63) is 87.8 Å². The molecule has 5 rings (SSSR count). The average molecular weight is 443 g/mol. The van der Waals surface area contributed by atoms with E-state index in [1.807, 2.05) is 36.4 Å². The summed E-state index contributed by atoms with van der Waals surface area (Å²) >= 11 is 0. The molecule has 2 aromatic carbocycles. The number of amides is 2. The highest BCUT2D eigenvalue weighted by Gasteiger charge is 2.25. The molecule has 0 spiro atoms. The zero-order valence-corrected chi connectivity index (χ0v) is 17.9. The second-order valence-corrected chi connectivity index (χ2v) is 7.75. The fourth-order valence-electron chi connectivity index (χ4n) is 3.98. The highest BCUT2D eigenvalue weighted by molar-refractivity contribution is 5.94. The molecule has 2 amide bonds. The minimum absolute atomic E-state index is 0.150. The van der Waals surface area contributed by atoms with E-state index >= 15 is 0 Å². The molecule has 0 radical (unpaired) electrons. The minimum atomic E-state index is -0.479. The van der Waals surface area contributed by atoms with E-state index < -0.39 is 5.97 Å². The van der Waals surface area contributed by atoms with Crippen molar-refractivity contribution in [3.8, 4) is 11.3 Å². The smallest absolute Gasteiger partial charge is 0.337 e. The minimum Gasteiger partial charge on any atom is -0.465 e. The first-order valence-electron chi connectivity index (χ1n) is 10.5. The van der Waals surface area contributed by atoms with Gasteiger partial charge in [-0.2, -0.15) is 0 Å². The molecular formula is C24H21N5O4. The van der Waals surface area contributed by atoms with Crippen molar-refractivity contribution in [2.45, 2.75) is 13.0 Å². The first kappa shape index (κ1) is 20.5. The molecule has 1 aliphatic heterocycles. The number of aromatic amines is 1. The van der Waals surface area contributed by atoms with Gasteiger partial charge in [-0.15, -0.1) is 0 Å². The fraction of sp³-hybridized carbons (Fsp3) is 0.167. The predicted molar refractivity (Wildman–Crippen MR) is 122 cm³/mol. The van der Waals surface area contributed by atoms with E-state index in [0.717, 1.165) is 11.3 Å². The third kappa shape index (κ3) is 3.84. The fourth-order valence-corrected chi connectivity index (χ4v) is 3.98. The van der Waals surface area contributed by atoms with Gasteiger partial charge < -0.3 is 15.0 Å². The monoisotopic (exact) mass is 443 g/mol. The van der Waals surface area contributed by atoms with Crippen molar-refractivity contribution in [1.82, 2.24) is 19.5 Å². The Balaban J connectivity index is 1.39. The number of rotatable bonds is 3. The standard InChI is InChI=1S/C24H21N5O4/c1-33-23(31)16-8-5-9-17(12-16)25-24(32)28-11-10-18-20(14-28)26-21-13-19(27-29(21)22(18)30)15-6-3-2-4-7-15/h2-9,12-13,27H,10-11,14H2,1H3,(H,25,32). The second-order valence-electron chi connectivity index (χ2n) is 7.75. The van der Waals surface area contributed by atoms with Crippen molar-refractivity contribution < 1.29 is 14.3 Å².